The van der Waals surface area contributed by atoms with Gasteiger partial charge in [0, 0.05) is 49.9 Å². The lowest BCUT2D eigenvalue weighted by atomic mass is 10.1. The van der Waals surface area contributed by atoms with Crippen LogP contribution in [0.15, 0.2) is 6.07 Å². The summed E-state index contributed by atoms with van der Waals surface area (Å²) >= 11 is 0. The van der Waals surface area contributed by atoms with Crippen LogP contribution < -0.4 is 4.90 Å². The molecule has 130 valence electrons. The summed E-state index contributed by atoms with van der Waals surface area (Å²) in [6.07, 6.45) is -0.275. The lowest BCUT2D eigenvalue weighted by molar-refractivity contribution is 0.0958. The molecule has 1 saturated heterocycles. The fourth-order valence-corrected chi connectivity index (χ4v) is 3.00. The van der Waals surface area contributed by atoms with Gasteiger partial charge < -0.3 is 10.0 Å². The van der Waals surface area contributed by atoms with Gasteiger partial charge in [-0.2, -0.15) is 0 Å². The van der Waals surface area contributed by atoms with E-state index in [1.165, 1.54) is 0 Å². The Morgan fingerprint density at radius 1 is 1.13 bits per heavy atom. The number of aliphatic hydroxyl groups excluding tert-OH is 1. The molecule has 1 aromatic heterocycles. The predicted octanol–water partition coefficient (Wildman–Crippen LogP) is 2.61. The molecule has 0 aliphatic carbocycles. The highest BCUT2D eigenvalue weighted by Crippen LogP contribution is 2.24. The van der Waals surface area contributed by atoms with Crippen LogP contribution in [0.2, 0.25) is 0 Å². The van der Waals surface area contributed by atoms with Crippen molar-refractivity contribution in [2.45, 2.75) is 65.5 Å². The minimum atomic E-state index is -0.275. The SMILES string of the molecule is CC(C)c1cc(N2CCN(C[C@@H](C)O)[C@H](C)C2)nc(C(C)C)n1. The molecule has 23 heavy (non-hydrogen) atoms. The summed E-state index contributed by atoms with van der Waals surface area (Å²) in [5, 5.41) is 9.62. The Morgan fingerprint density at radius 2 is 1.83 bits per heavy atom. The lowest BCUT2D eigenvalue weighted by Crippen LogP contribution is -2.53. The predicted molar refractivity (Wildman–Crippen MR) is 95.1 cm³/mol. The second kappa shape index (κ2) is 7.58. The van der Waals surface area contributed by atoms with Crippen molar-refractivity contribution >= 4 is 5.82 Å². The normalized spacial score (nSPS) is 21.3. The molecule has 0 bridgehead atoms. The molecule has 0 saturated carbocycles. The van der Waals surface area contributed by atoms with Crippen LogP contribution in [-0.2, 0) is 0 Å². The second-order valence-corrected chi connectivity index (χ2v) is 7.46. The quantitative estimate of drug-likeness (QED) is 0.904. The molecule has 5 nitrogen and oxygen atoms in total. The minimum Gasteiger partial charge on any atom is -0.392 e. The largest absolute Gasteiger partial charge is 0.392 e. The molecular weight excluding hydrogens is 288 g/mol. The summed E-state index contributed by atoms with van der Waals surface area (Å²) in [5.41, 5.74) is 1.12. The average molecular weight is 320 g/mol. The fourth-order valence-electron chi connectivity index (χ4n) is 3.00. The number of hydrogen-bond acceptors (Lipinski definition) is 5. The third-order valence-electron chi connectivity index (χ3n) is 4.45. The number of anilines is 1. The maximum atomic E-state index is 9.62. The van der Waals surface area contributed by atoms with Crippen LogP contribution in [-0.4, -0.2) is 58.3 Å². The van der Waals surface area contributed by atoms with Crippen molar-refractivity contribution in [1.29, 1.82) is 0 Å². The van der Waals surface area contributed by atoms with Crippen LogP contribution in [0.25, 0.3) is 0 Å². The molecular formula is C18H32N4O. The van der Waals surface area contributed by atoms with E-state index < -0.39 is 0 Å². The molecule has 0 radical (unpaired) electrons. The Morgan fingerprint density at radius 3 is 2.35 bits per heavy atom. The third-order valence-corrected chi connectivity index (χ3v) is 4.45. The van der Waals surface area contributed by atoms with E-state index in [4.69, 9.17) is 9.97 Å². The maximum Gasteiger partial charge on any atom is 0.133 e. The topological polar surface area (TPSA) is 52.5 Å². The molecule has 0 aromatic carbocycles. The molecule has 0 unspecified atom stereocenters. The van der Waals surface area contributed by atoms with Crippen LogP contribution in [0.5, 0.6) is 0 Å². The van der Waals surface area contributed by atoms with Gasteiger partial charge >= 0.3 is 0 Å². The Bertz CT molecular complexity index is 489. The van der Waals surface area contributed by atoms with Crippen LogP contribution in [0.3, 0.4) is 0 Å². The van der Waals surface area contributed by atoms with Crippen molar-refractivity contribution < 1.29 is 5.11 Å². The van der Waals surface area contributed by atoms with Crippen molar-refractivity contribution in [2.75, 3.05) is 31.1 Å². The molecule has 2 rings (SSSR count). The van der Waals surface area contributed by atoms with E-state index >= 15 is 0 Å². The van der Waals surface area contributed by atoms with Crippen molar-refractivity contribution in [3.63, 3.8) is 0 Å². The van der Waals surface area contributed by atoms with Gasteiger partial charge in [-0.25, -0.2) is 9.97 Å². The van der Waals surface area contributed by atoms with Gasteiger partial charge in [-0.05, 0) is 19.8 Å². The van der Waals surface area contributed by atoms with Gasteiger partial charge in [0.05, 0.1) is 6.10 Å². The Balaban J connectivity index is 2.19. The first-order valence-electron chi connectivity index (χ1n) is 8.83. The summed E-state index contributed by atoms with van der Waals surface area (Å²) < 4.78 is 0. The highest BCUT2D eigenvalue weighted by atomic mass is 16.3. The summed E-state index contributed by atoms with van der Waals surface area (Å²) in [6, 6.07) is 2.56. The van der Waals surface area contributed by atoms with Gasteiger partial charge in [-0.3, -0.25) is 4.90 Å². The first-order chi connectivity index (χ1) is 10.8. The molecule has 1 aliphatic heterocycles. The standard InChI is InChI=1S/C18H32N4O/c1-12(2)16-9-17(20-18(19-16)13(3)4)22-8-7-21(11-15(6)23)14(5)10-22/h9,12-15,23H,7-8,10-11H2,1-6H3/t14-,15-/m1/s1. The Labute approximate surface area is 140 Å². The molecule has 2 heterocycles. The summed E-state index contributed by atoms with van der Waals surface area (Å²) in [6.45, 7) is 16.3. The first-order valence-corrected chi connectivity index (χ1v) is 8.83. The first kappa shape index (κ1) is 18.1. The van der Waals surface area contributed by atoms with Crippen LogP contribution >= 0.6 is 0 Å². The smallest absolute Gasteiger partial charge is 0.133 e. The number of hydrogen-bond donors (Lipinski definition) is 1. The van der Waals surface area contributed by atoms with E-state index in [1.54, 1.807) is 0 Å². The lowest BCUT2D eigenvalue weighted by Gasteiger charge is -2.41. The van der Waals surface area contributed by atoms with Gasteiger partial charge in [-0.15, -0.1) is 0 Å². The van der Waals surface area contributed by atoms with Crippen LogP contribution in [0.4, 0.5) is 5.82 Å². The molecule has 0 amide bonds. The zero-order chi connectivity index (χ0) is 17.1. The van der Waals surface area contributed by atoms with E-state index in [0.29, 0.717) is 17.9 Å². The number of aromatic nitrogens is 2. The van der Waals surface area contributed by atoms with Gasteiger partial charge in [0.2, 0.25) is 0 Å². The van der Waals surface area contributed by atoms with Gasteiger partial charge in [0.15, 0.2) is 0 Å². The van der Waals surface area contributed by atoms with Crippen molar-refractivity contribution in [1.82, 2.24) is 14.9 Å². The monoisotopic (exact) mass is 320 g/mol. The Hall–Kier alpha value is -1.20. The van der Waals surface area contributed by atoms with E-state index in [2.05, 4.69) is 50.5 Å². The number of piperazine rings is 1. The summed E-state index contributed by atoms with van der Waals surface area (Å²) in [5.74, 6) is 2.73. The van der Waals surface area contributed by atoms with E-state index in [-0.39, 0.29) is 6.10 Å². The highest BCUT2D eigenvalue weighted by Gasteiger charge is 2.26. The van der Waals surface area contributed by atoms with E-state index in [0.717, 1.165) is 43.5 Å². The average Bonchev–Trinajstić information content (AvgIpc) is 2.48. The van der Waals surface area contributed by atoms with Gasteiger partial charge in [0.1, 0.15) is 11.6 Å². The number of aliphatic hydroxyl groups is 1. The zero-order valence-corrected chi connectivity index (χ0v) is 15.5. The number of nitrogens with zero attached hydrogens (tertiary/aromatic N) is 4. The molecule has 2 atom stereocenters. The minimum absolute atomic E-state index is 0.275. The number of β-amino-alcohol motifs (C(OH)–C–C–N with tert-alkyl or cyclic N) is 1. The van der Waals surface area contributed by atoms with Crippen LogP contribution in [0, 0.1) is 0 Å². The molecule has 1 fully saturated rings. The van der Waals surface area contributed by atoms with Crippen molar-refractivity contribution in [2.24, 2.45) is 0 Å². The third kappa shape index (κ3) is 4.64. The highest BCUT2D eigenvalue weighted by molar-refractivity contribution is 5.42. The molecule has 5 heteroatoms. The zero-order valence-electron chi connectivity index (χ0n) is 15.5. The van der Waals surface area contributed by atoms with E-state index in [9.17, 15) is 5.11 Å². The number of rotatable bonds is 5. The fraction of sp³-hybridized carbons (Fsp3) is 0.778. The molecule has 0 spiro atoms. The van der Waals surface area contributed by atoms with E-state index in [1.807, 2.05) is 6.92 Å². The van der Waals surface area contributed by atoms with Crippen molar-refractivity contribution in [3.8, 4) is 0 Å². The van der Waals surface area contributed by atoms with Gasteiger partial charge in [0.25, 0.3) is 0 Å². The van der Waals surface area contributed by atoms with Crippen molar-refractivity contribution in [3.05, 3.63) is 17.6 Å². The second-order valence-electron chi connectivity index (χ2n) is 7.46. The molecule has 1 aromatic rings. The van der Waals surface area contributed by atoms with Gasteiger partial charge in [-0.1, -0.05) is 27.7 Å². The van der Waals surface area contributed by atoms with Crippen LogP contribution in [0.1, 0.15) is 64.9 Å². The maximum absolute atomic E-state index is 9.62. The molecule has 1 N–H and O–H groups in total. The molecule has 1 aliphatic rings. The summed E-state index contributed by atoms with van der Waals surface area (Å²) in [4.78, 5) is 14.2. The Kier molecular flexibility index (Phi) is 5.98. The summed E-state index contributed by atoms with van der Waals surface area (Å²) in [7, 11) is 0.